The van der Waals surface area contributed by atoms with E-state index in [2.05, 4.69) is 20.2 Å². The molecule has 6 heteroatoms. The third-order valence-corrected chi connectivity index (χ3v) is 2.36. The fraction of sp³-hybridized carbons (Fsp3) is 0.167. The summed E-state index contributed by atoms with van der Waals surface area (Å²) in [4.78, 5) is 7.90. The lowest BCUT2D eigenvalue weighted by Gasteiger charge is -1.94. The highest BCUT2D eigenvalue weighted by Crippen LogP contribution is 2.10. The summed E-state index contributed by atoms with van der Waals surface area (Å²) in [5, 5.41) is 7.68. The molecule has 2 rings (SSSR count). The van der Waals surface area contributed by atoms with Gasteiger partial charge in [-0.05, 0) is 25.5 Å². The number of aryl methyl sites for hydroxylation is 2. The zero-order valence-corrected chi connectivity index (χ0v) is 10.2. The highest BCUT2D eigenvalue weighted by atomic mass is 16.3. The van der Waals surface area contributed by atoms with Crippen LogP contribution in [0.5, 0.6) is 0 Å². The second kappa shape index (κ2) is 5.22. The Labute approximate surface area is 104 Å². The zero-order chi connectivity index (χ0) is 13.0. The number of nitrogens with zero attached hydrogens (tertiary/aromatic N) is 4. The van der Waals surface area contributed by atoms with Gasteiger partial charge in [-0.2, -0.15) is 5.10 Å². The molecule has 0 unspecified atom stereocenters. The molecule has 0 bridgehead atoms. The standard InChI is InChI=1S/C12H13N5O/c1-8-5-10(18-9(8)2)6-16-17-12(13)11-7-14-3-4-15-11/h3-7H,1-2H3,(H2,13,17). The maximum absolute atomic E-state index is 5.70. The summed E-state index contributed by atoms with van der Waals surface area (Å²) in [5.74, 6) is 1.71. The van der Waals surface area contributed by atoms with Crippen molar-refractivity contribution < 1.29 is 4.42 Å². The summed E-state index contributed by atoms with van der Waals surface area (Å²) < 4.78 is 5.41. The first kappa shape index (κ1) is 12.0. The maximum Gasteiger partial charge on any atom is 0.173 e. The Balaban J connectivity index is 2.11. The quantitative estimate of drug-likeness (QED) is 0.501. The molecule has 2 N–H and O–H groups in total. The van der Waals surface area contributed by atoms with Crippen molar-refractivity contribution in [1.82, 2.24) is 9.97 Å². The van der Waals surface area contributed by atoms with Gasteiger partial charge in [-0.25, -0.2) is 4.98 Å². The Kier molecular flexibility index (Phi) is 3.47. The smallest absolute Gasteiger partial charge is 0.173 e. The molecule has 0 aliphatic heterocycles. The van der Waals surface area contributed by atoms with E-state index in [4.69, 9.17) is 10.2 Å². The number of hydrogen-bond donors (Lipinski definition) is 1. The molecule has 6 nitrogen and oxygen atoms in total. The summed E-state index contributed by atoms with van der Waals surface area (Å²) in [7, 11) is 0. The van der Waals surface area contributed by atoms with Crippen LogP contribution in [0.1, 0.15) is 22.8 Å². The number of amidine groups is 1. The Hall–Kier alpha value is -2.50. The van der Waals surface area contributed by atoms with Gasteiger partial charge in [-0.1, -0.05) is 0 Å². The van der Waals surface area contributed by atoms with Gasteiger partial charge in [0.25, 0.3) is 0 Å². The molecule has 0 atom stereocenters. The van der Waals surface area contributed by atoms with Crippen molar-refractivity contribution in [3.05, 3.63) is 47.4 Å². The van der Waals surface area contributed by atoms with Crippen LogP contribution in [-0.4, -0.2) is 22.0 Å². The van der Waals surface area contributed by atoms with E-state index in [1.807, 2.05) is 19.9 Å². The number of furan rings is 1. The molecule has 2 aromatic heterocycles. The summed E-state index contributed by atoms with van der Waals surface area (Å²) in [6.45, 7) is 3.86. The van der Waals surface area contributed by atoms with Gasteiger partial charge in [0, 0.05) is 12.4 Å². The molecule has 0 aromatic carbocycles. The lowest BCUT2D eigenvalue weighted by atomic mass is 10.3. The predicted octanol–water partition coefficient (Wildman–Crippen LogP) is 1.43. The van der Waals surface area contributed by atoms with Crippen LogP contribution in [-0.2, 0) is 0 Å². The molecule has 0 amide bonds. The largest absolute Gasteiger partial charge is 0.460 e. The van der Waals surface area contributed by atoms with E-state index in [1.165, 1.54) is 12.4 Å². The molecule has 2 aromatic rings. The van der Waals surface area contributed by atoms with Gasteiger partial charge in [0.2, 0.25) is 0 Å². The average Bonchev–Trinajstić information content (AvgIpc) is 2.69. The van der Waals surface area contributed by atoms with E-state index >= 15 is 0 Å². The molecule has 0 aliphatic rings. The van der Waals surface area contributed by atoms with Crippen molar-refractivity contribution in [3.63, 3.8) is 0 Å². The fourth-order valence-electron chi connectivity index (χ4n) is 1.30. The van der Waals surface area contributed by atoms with E-state index in [0.29, 0.717) is 11.5 Å². The summed E-state index contributed by atoms with van der Waals surface area (Å²) >= 11 is 0. The normalized spacial score (nSPS) is 12.2. The zero-order valence-electron chi connectivity index (χ0n) is 10.2. The van der Waals surface area contributed by atoms with Gasteiger partial charge < -0.3 is 10.2 Å². The van der Waals surface area contributed by atoms with Gasteiger partial charge in [0.15, 0.2) is 5.84 Å². The third kappa shape index (κ3) is 2.79. The summed E-state index contributed by atoms with van der Waals surface area (Å²) in [6.07, 6.45) is 6.13. The minimum Gasteiger partial charge on any atom is -0.460 e. The molecule has 0 spiro atoms. The highest BCUT2D eigenvalue weighted by Gasteiger charge is 2.00. The second-order valence-electron chi connectivity index (χ2n) is 3.71. The third-order valence-electron chi connectivity index (χ3n) is 2.36. The lowest BCUT2D eigenvalue weighted by Crippen LogP contribution is -2.14. The minimum atomic E-state index is 0.208. The molecule has 2 heterocycles. The first-order chi connectivity index (χ1) is 8.66. The predicted molar refractivity (Wildman–Crippen MR) is 68.5 cm³/mol. The van der Waals surface area contributed by atoms with Crippen molar-refractivity contribution in [2.75, 3.05) is 0 Å². The molecule has 0 saturated carbocycles. The number of hydrogen-bond acceptors (Lipinski definition) is 5. The van der Waals surface area contributed by atoms with Crippen LogP contribution in [0.2, 0.25) is 0 Å². The number of nitrogens with two attached hydrogens (primary N) is 1. The van der Waals surface area contributed by atoms with Crippen molar-refractivity contribution in [2.45, 2.75) is 13.8 Å². The van der Waals surface area contributed by atoms with E-state index < -0.39 is 0 Å². The molecule has 0 radical (unpaired) electrons. The van der Waals surface area contributed by atoms with E-state index in [0.717, 1.165) is 11.3 Å². The number of rotatable bonds is 3. The fourth-order valence-corrected chi connectivity index (χ4v) is 1.30. The van der Waals surface area contributed by atoms with Crippen molar-refractivity contribution in [2.24, 2.45) is 15.9 Å². The maximum atomic E-state index is 5.70. The Morgan fingerprint density at radius 3 is 2.83 bits per heavy atom. The SMILES string of the molecule is Cc1cc(C=NN=C(N)c2cnccn2)oc1C. The van der Waals surface area contributed by atoms with Crippen LogP contribution >= 0.6 is 0 Å². The molecular formula is C12H13N5O. The Bertz CT molecular complexity index is 566. The topological polar surface area (TPSA) is 89.7 Å². The molecular weight excluding hydrogens is 230 g/mol. The van der Waals surface area contributed by atoms with Crippen LogP contribution in [0.3, 0.4) is 0 Å². The van der Waals surface area contributed by atoms with E-state index in [9.17, 15) is 0 Å². The van der Waals surface area contributed by atoms with Crippen molar-refractivity contribution in [1.29, 1.82) is 0 Å². The van der Waals surface area contributed by atoms with Gasteiger partial charge >= 0.3 is 0 Å². The first-order valence-electron chi connectivity index (χ1n) is 5.36. The van der Waals surface area contributed by atoms with Gasteiger partial charge in [0.1, 0.15) is 17.2 Å². The summed E-state index contributed by atoms with van der Waals surface area (Å²) in [5.41, 5.74) is 7.26. The van der Waals surface area contributed by atoms with Crippen molar-refractivity contribution in [3.8, 4) is 0 Å². The van der Waals surface area contributed by atoms with E-state index in [1.54, 1.807) is 12.4 Å². The number of aromatic nitrogens is 2. The lowest BCUT2D eigenvalue weighted by molar-refractivity contribution is 0.525. The second-order valence-corrected chi connectivity index (χ2v) is 3.71. The van der Waals surface area contributed by atoms with Crippen LogP contribution in [0, 0.1) is 13.8 Å². The molecule has 0 fully saturated rings. The Morgan fingerprint density at radius 1 is 1.39 bits per heavy atom. The summed E-state index contributed by atoms with van der Waals surface area (Å²) in [6, 6.07) is 1.88. The monoisotopic (exact) mass is 243 g/mol. The van der Waals surface area contributed by atoms with Gasteiger partial charge in [0.05, 0.1) is 12.4 Å². The van der Waals surface area contributed by atoms with Crippen LogP contribution in [0.4, 0.5) is 0 Å². The molecule has 92 valence electrons. The van der Waals surface area contributed by atoms with Crippen LogP contribution in [0.25, 0.3) is 0 Å². The van der Waals surface area contributed by atoms with Crippen LogP contribution < -0.4 is 5.73 Å². The first-order valence-corrected chi connectivity index (χ1v) is 5.36. The van der Waals surface area contributed by atoms with Crippen molar-refractivity contribution >= 4 is 12.1 Å². The molecule has 0 aliphatic carbocycles. The van der Waals surface area contributed by atoms with E-state index in [-0.39, 0.29) is 5.84 Å². The highest BCUT2D eigenvalue weighted by molar-refractivity contribution is 5.95. The van der Waals surface area contributed by atoms with Crippen LogP contribution in [0.15, 0.2) is 39.3 Å². The Morgan fingerprint density at radius 2 is 2.22 bits per heavy atom. The molecule has 18 heavy (non-hydrogen) atoms. The van der Waals surface area contributed by atoms with Gasteiger partial charge in [-0.15, -0.1) is 5.10 Å². The average molecular weight is 243 g/mol. The molecule has 0 saturated heterocycles. The van der Waals surface area contributed by atoms with Gasteiger partial charge in [-0.3, -0.25) is 4.98 Å². The minimum absolute atomic E-state index is 0.208.